The van der Waals surface area contributed by atoms with E-state index in [0.717, 1.165) is 17.9 Å². The number of amides is 1. The summed E-state index contributed by atoms with van der Waals surface area (Å²) in [6.07, 6.45) is 1.75. The number of hydrogen-bond acceptors (Lipinski definition) is 3. The Kier molecular flexibility index (Phi) is 4.59. The molecule has 0 spiro atoms. The molecule has 6 heteroatoms. The first kappa shape index (κ1) is 15.9. The maximum atomic E-state index is 13.0. The number of hydrogen-bond donors (Lipinski definition) is 1. The zero-order valence-electron chi connectivity index (χ0n) is 13.3. The first-order chi connectivity index (χ1) is 11.1. The van der Waals surface area contributed by atoms with E-state index < -0.39 is 0 Å². The smallest absolute Gasteiger partial charge is 0.271 e. The zero-order valence-corrected chi connectivity index (χ0v) is 14.0. The molecule has 0 radical (unpaired) electrons. The number of ether oxygens (including phenoxy) is 1. The molecule has 0 saturated carbocycles. The standard InChI is InChI=1S/C17H20ClN3O2/c1-20-11-12(18)9-14(20)17(22)21-8-7-19-10-15(21)13-5-3-4-6-16(13)23-2/h3-6,9,11,15,19H,7-8,10H2,1-2H3. The normalized spacial score (nSPS) is 18.0. The Labute approximate surface area is 140 Å². The van der Waals surface area contributed by atoms with Crippen molar-refractivity contribution in [3.8, 4) is 5.75 Å². The Morgan fingerprint density at radius 1 is 1.39 bits per heavy atom. The summed E-state index contributed by atoms with van der Waals surface area (Å²) in [6.45, 7) is 2.12. The third kappa shape index (κ3) is 3.07. The number of nitrogens with zero attached hydrogens (tertiary/aromatic N) is 2. The maximum absolute atomic E-state index is 13.0. The quantitative estimate of drug-likeness (QED) is 0.938. The molecule has 1 fully saturated rings. The predicted octanol–water partition coefficient (Wildman–Crippen LogP) is 2.47. The number of aryl methyl sites for hydroxylation is 1. The van der Waals surface area contributed by atoms with Crippen LogP contribution in [0.2, 0.25) is 5.02 Å². The van der Waals surface area contributed by atoms with E-state index in [0.29, 0.717) is 23.8 Å². The highest BCUT2D eigenvalue weighted by atomic mass is 35.5. The molecule has 1 amide bonds. The molecule has 3 rings (SSSR count). The van der Waals surface area contributed by atoms with Crippen LogP contribution in [-0.2, 0) is 7.05 Å². The van der Waals surface area contributed by atoms with E-state index in [2.05, 4.69) is 5.32 Å². The summed E-state index contributed by atoms with van der Waals surface area (Å²) in [5.41, 5.74) is 1.60. The van der Waals surface area contributed by atoms with Crippen LogP contribution >= 0.6 is 11.6 Å². The van der Waals surface area contributed by atoms with Gasteiger partial charge in [-0.15, -0.1) is 0 Å². The van der Waals surface area contributed by atoms with Crippen molar-refractivity contribution in [1.29, 1.82) is 0 Å². The number of methoxy groups -OCH3 is 1. The molecular weight excluding hydrogens is 314 g/mol. The highest BCUT2D eigenvalue weighted by molar-refractivity contribution is 6.31. The number of carbonyl (C=O) groups excluding carboxylic acids is 1. The van der Waals surface area contributed by atoms with E-state index >= 15 is 0 Å². The Bertz CT molecular complexity index is 714. The first-order valence-corrected chi connectivity index (χ1v) is 7.96. The van der Waals surface area contributed by atoms with Gasteiger partial charge in [0.2, 0.25) is 0 Å². The van der Waals surface area contributed by atoms with Crippen molar-refractivity contribution in [3.63, 3.8) is 0 Å². The second-order valence-corrected chi connectivity index (χ2v) is 6.05. The molecule has 1 saturated heterocycles. The van der Waals surface area contributed by atoms with Gasteiger partial charge >= 0.3 is 0 Å². The van der Waals surface area contributed by atoms with Gasteiger partial charge < -0.3 is 19.5 Å². The van der Waals surface area contributed by atoms with Gasteiger partial charge in [-0.25, -0.2) is 0 Å². The van der Waals surface area contributed by atoms with Crippen LogP contribution in [-0.4, -0.2) is 42.1 Å². The van der Waals surface area contributed by atoms with E-state index in [-0.39, 0.29) is 11.9 Å². The Morgan fingerprint density at radius 2 is 2.17 bits per heavy atom. The fraction of sp³-hybridized carbons (Fsp3) is 0.353. The zero-order chi connectivity index (χ0) is 16.4. The largest absolute Gasteiger partial charge is 0.496 e. The minimum absolute atomic E-state index is 0.0168. The lowest BCUT2D eigenvalue weighted by Gasteiger charge is -2.37. The van der Waals surface area contributed by atoms with Crippen LogP contribution in [0.3, 0.4) is 0 Å². The summed E-state index contributed by atoms with van der Waals surface area (Å²) in [6, 6.07) is 9.48. The lowest BCUT2D eigenvalue weighted by atomic mass is 10.0. The molecule has 1 atom stereocenters. The van der Waals surface area contributed by atoms with Gasteiger partial charge in [-0.05, 0) is 12.1 Å². The second kappa shape index (κ2) is 6.64. The number of aromatic nitrogens is 1. The topological polar surface area (TPSA) is 46.5 Å². The second-order valence-electron chi connectivity index (χ2n) is 5.61. The van der Waals surface area contributed by atoms with Crippen LogP contribution in [0.15, 0.2) is 36.5 Å². The molecule has 0 bridgehead atoms. The number of nitrogens with one attached hydrogen (secondary N) is 1. The number of benzene rings is 1. The third-order valence-electron chi connectivity index (χ3n) is 4.19. The number of halogens is 1. The molecule has 23 heavy (non-hydrogen) atoms. The van der Waals surface area contributed by atoms with Crippen molar-refractivity contribution in [2.24, 2.45) is 7.05 Å². The van der Waals surface area contributed by atoms with Gasteiger partial charge in [-0.3, -0.25) is 4.79 Å². The monoisotopic (exact) mass is 333 g/mol. The lowest BCUT2D eigenvalue weighted by Crippen LogP contribution is -2.49. The van der Waals surface area contributed by atoms with Crippen LogP contribution in [0.1, 0.15) is 22.1 Å². The predicted molar refractivity (Wildman–Crippen MR) is 90.1 cm³/mol. The average molecular weight is 334 g/mol. The molecule has 1 aromatic carbocycles. The van der Waals surface area contributed by atoms with Gasteiger partial charge in [-0.2, -0.15) is 0 Å². The molecule has 0 aliphatic carbocycles. The van der Waals surface area contributed by atoms with Gasteiger partial charge in [-0.1, -0.05) is 29.8 Å². The summed E-state index contributed by atoms with van der Waals surface area (Å²) >= 11 is 6.03. The summed E-state index contributed by atoms with van der Waals surface area (Å²) in [5.74, 6) is 0.778. The molecule has 2 aromatic rings. The molecule has 5 nitrogen and oxygen atoms in total. The van der Waals surface area contributed by atoms with Gasteiger partial charge in [0.1, 0.15) is 11.4 Å². The molecule has 1 aliphatic rings. The number of rotatable bonds is 3. The van der Waals surface area contributed by atoms with Gasteiger partial charge in [0.25, 0.3) is 5.91 Å². The average Bonchev–Trinajstić information content (AvgIpc) is 2.92. The minimum atomic E-state index is -0.0684. The van der Waals surface area contributed by atoms with Gasteiger partial charge in [0, 0.05) is 38.4 Å². The van der Waals surface area contributed by atoms with Gasteiger partial charge in [0.15, 0.2) is 0 Å². The fourth-order valence-electron chi connectivity index (χ4n) is 3.05. The SMILES string of the molecule is COc1ccccc1C1CNCCN1C(=O)c1cc(Cl)cn1C. The Balaban J connectivity index is 1.96. The Hall–Kier alpha value is -1.98. The van der Waals surface area contributed by atoms with Crippen molar-refractivity contribution >= 4 is 17.5 Å². The Morgan fingerprint density at radius 3 is 2.87 bits per heavy atom. The summed E-state index contributed by atoms with van der Waals surface area (Å²) in [5, 5.41) is 3.93. The van der Waals surface area contributed by atoms with E-state index in [9.17, 15) is 4.79 Å². The van der Waals surface area contributed by atoms with Crippen molar-refractivity contribution in [2.75, 3.05) is 26.7 Å². The van der Waals surface area contributed by atoms with Crippen LogP contribution < -0.4 is 10.1 Å². The van der Waals surface area contributed by atoms with Crippen LogP contribution in [0.25, 0.3) is 0 Å². The van der Waals surface area contributed by atoms with Crippen LogP contribution in [0.5, 0.6) is 5.75 Å². The number of para-hydroxylation sites is 1. The maximum Gasteiger partial charge on any atom is 0.271 e. The van der Waals surface area contributed by atoms with Crippen LogP contribution in [0, 0.1) is 0 Å². The van der Waals surface area contributed by atoms with Crippen molar-refractivity contribution in [2.45, 2.75) is 6.04 Å². The van der Waals surface area contributed by atoms with Crippen LogP contribution in [0.4, 0.5) is 0 Å². The van der Waals surface area contributed by atoms with E-state index in [1.807, 2.05) is 36.2 Å². The van der Waals surface area contributed by atoms with E-state index in [1.54, 1.807) is 23.9 Å². The van der Waals surface area contributed by atoms with Crippen molar-refractivity contribution in [1.82, 2.24) is 14.8 Å². The lowest BCUT2D eigenvalue weighted by molar-refractivity contribution is 0.0622. The summed E-state index contributed by atoms with van der Waals surface area (Å²) < 4.78 is 7.24. The molecule has 122 valence electrons. The summed E-state index contributed by atoms with van der Waals surface area (Å²) in [7, 11) is 3.48. The molecule has 2 heterocycles. The van der Waals surface area contributed by atoms with Crippen molar-refractivity contribution in [3.05, 3.63) is 52.8 Å². The van der Waals surface area contributed by atoms with E-state index in [1.165, 1.54) is 0 Å². The molecule has 1 aliphatic heterocycles. The summed E-state index contributed by atoms with van der Waals surface area (Å²) in [4.78, 5) is 14.9. The highest BCUT2D eigenvalue weighted by Crippen LogP contribution is 2.31. The molecule has 1 N–H and O–H groups in total. The van der Waals surface area contributed by atoms with E-state index in [4.69, 9.17) is 16.3 Å². The molecule has 1 unspecified atom stereocenters. The number of piperazine rings is 1. The minimum Gasteiger partial charge on any atom is -0.496 e. The fourth-order valence-corrected chi connectivity index (χ4v) is 3.30. The molecular formula is C17H20ClN3O2. The molecule has 1 aromatic heterocycles. The first-order valence-electron chi connectivity index (χ1n) is 7.58. The van der Waals surface area contributed by atoms with Crippen molar-refractivity contribution < 1.29 is 9.53 Å². The number of carbonyl (C=O) groups is 1. The van der Waals surface area contributed by atoms with Gasteiger partial charge in [0.05, 0.1) is 18.2 Å². The third-order valence-corrected chi connectivity index (χ3v) is 4.40. The highest BCUT2D eigenvalue weighted by Gasteiger charge is 2.31.